The Balaban J connectivity index is 1.86. The summed E-state index contributed by atoms with van der Waals surface area (Å²) in [6.07, 6.45) is 6.63. The number of hydrogen-bond acceptors (Lipinski definition) is 3. The Morgan fingerprint density at radius 1 is 1.24 bits per heavy atom. The van der Waals surface area contributed by atoms with Gasteiger partial charge in [0.1, 0.15) is 0 Å². The summed E-state index contributed by atoms with van der Waals surface area (Å²) >= 11 is 0. The fraction of sp³-hybridized carbons (Fsp3) is 1.00. The van der Waals surface area contributed by atoms with Crippen molar-refractivity contribution >= 4 is 0 Å². The third kappa shape index (κ3) is 3.43. The molecule has 0 aromatic heterocycles. The summed E-state index contributed by atoms with van der Waals surface area (Å²) in [5.74, 6) is 1.49. The smallest absolute Gasteiger partial charge is 0.0506 e. The molecule has 0 radical (unpaired) electrons. The number of nitrogens with zero attached hydrogens (tertiary/aromatic N) is 1. The number of rotatable bonds is 5. The molecule has 0 aromatic rings. The van der Waals surface area contributed by atoms with Crippen LogP contribution in [-0.2, 0) is 4.74 Å². The fourth-order valence-electron chi connectivity index (χ4n) is 3.55. The van der Waals surface area contributed by atoms with Crippen LogP contribution in [0.5, 0.6) is 0 Å². The summed E-state index contributed by atoms with van der Waals surface area (Å²) in [5, 5.41) is 0. The van der Waals surface area contributed by atoms with Crippen LogP contribution in [0.25, 0.3) is 0 Å². The highest BCUT2D eigenvalue weighted by molar-refractivity contribution is 4.86. The molecule has 3 atom stereocenters. The number of hydrogen-bond donors (Lipinski definition) is 1. The van der Waals surface area contributed by atoms with E-state index in [1.165, 1.54) is 38.6 Å². The van der Waals surface area contributed by atoms with Crippen LogP contribution in [0.1, 0.15) is 39.0 Å². The Kier molecular flexibility index (Phi) is 5.26. The lowest BCUT2D eigenvalue weighted by molar-refractivity contribution is 0.0284. The second kappa shape index (κ2) is 6.72. The van der Waals surface area contributed by atoms with Crippen molar-refractivity contribution in [1.82, 2.24) is 4.90 Å². The first kappa shape index (κ1) is 13.3. The Labute approximate surface area is 106 Å². The van der Waals surface area contributed by atoms with Crippen LogP contribution in [0.15, 0.2) is 0 Å². The minimum atomic E-state index is 0.736. The third-order valence-electron chi connectivity index (χ3n) is 4.54. The van der Waals surface area contributed by atoms with Crippen molar-refractivity contribution < 1.29 is 4.74 Å². The average molecular weight is 240 g/mol. The van der Waals surface area contributed by atoms with Gasteiger partial charge in [-0.05, 0) is 50.6 Å². The van der Waals surface area contributed by atoms with Gasteiger partial charge in [-0.1, -0.05) is 13.3 Å². The van der Waals surface area contributed by atoms with E-state index in [-0.39, 0.29) is 0 Å². The summed E-state index contributed by atoms with van der Waals surface area (Å²) in [6.45, 7) is 7.47. The Morgan fingerprint density at radius 2 is 2.12 bits per heavy atom. The summed E-state index contributed by atoms with van der Waals surface area (Å²) in [6, 6.07) is 0.743. The molecule has 2 rings (SSSR count). The highest BCUT2D eigenvalue weighted by Gasteiger charge is 2.31. The fourth-order valence-corrected chi connectivity index (χ4v) is 3.55. The molecule has 1 saturated carbocycles. The van der Waals surface area contributed by atoms with Crippen LogP contribution < -0.4 is 5.73 Å². The van der Waals surface area contributed by atoms with Gasteiger partial charge in [-0.25, -0.2) is 0 Å². The topological polar surface area (TPSA) is 38.5 Å². The monoisotopic (exact) mass is 240 g/mol. The molecule has 1 heterocycles. The highest BCUT2D eigenvalue weighted by Crippen LogP contribution is 2.30. The van der Waals surface area contributed by atoms with Crippen molar-refractivity contribution in [2.24, 2.45) is 17.6 Å². The van der Waals surface area contributed by atoms with E-state index in [1.54, 1.807) is 0 Å². The zero-order chi connectivity index (χ0) is 12.1. The minimum absolute atomic E-state index is 0.736. The van der Waals surface area contributed by atoms with Gasteiger partial charge in [0.15, 0.2) is 0 Å². The third-order valence-corrected chi connectivity index (χ3v) is 4.54. The molecular formula is C14H28N2O. The van der Waals surface area contributed by atoms with Gasteiger partial charge >= 0.3 is 0 Å². The minimum Gasteiger partial charge on any atom is -0.381 e. The van der Waals surface area contributed by atoms with Crippen molar-refractivity contribution in [2.75, 3.05) is 32.8 Å². The average Bonchev–Trinajstić information content (AvgIpc) is 2.85. The van der Waals surface area contributed by atoms with E-state index in [9.17, 15) is 0 Å². The predicted molar refractivity (Wildman–Crippen MR) is 71.0 cm³/mol. The van der Waals surface area contributed by atoms with Crippen LogP contribution in [-0.4, -0.2) is 43.8 Å². The zero-order valence-corrected chi connectivity index (χ0v) is 11.2. The lowest BCUT2D eigenvalue weighted by Crippen LogP contribution is -2.44. The van der Waals surface area contributed by atoms with Gasteiger partial charge < -0.3 is 10.5 Å². The number of ether oxygens (including phenoxy) is 1. The maximum Gasteiger partial charge on any atom is 0.0506 e. The van der Waals surface area contributed by atoms with Gasteiger partial charge in [-0.15, -0.1) is 0 Å². The van der Waals surface area contributed by atoms with Crippen LogP contribution in [0.2, 0.25) is 0 Å². The molecule has 0 amide bonds. The van der Waals surface area contributed by atoms with Gasteiger partial charge in [-0.2, -0.15) is 0 Å². The van der Waals surface area contributed by atoms with E-state index >= 15 is 0 Å². The summed E-state index contributed by atoms with van der Waals surface area (Å²) in [5.41, 5.74) is 5.90. The molecule has 2 aliphatic rings. The first-order chi connectivity index (χ1) is 8.35. The van der Waals surface area contributed by atoms with Gasteiger partial charge in [0.2, 0.25) is 0 Å². The summed E-state index contributed by atoms with van der Waals surface area (Å²) in [7, 11) is 0. The molecule has 0 bridgehead atoms. The Hall–Kier alpha value is -0.120. The molecule has 17 heavy (non-hydrogen) atoms. The Bertz CT molecular complexity index is 216. The molecular weight excluding hydrogens is 212 g/mol. The largest absolute Gasteiger partial charge is 0.381 e. The van der Waals surface area contributed by atoms with Crippen LogP contribution >= 0.6 is 0 Å². The van der Waals surface area contributed by atoms with E-state index in [1.807, 2.05) is 0 Å². The molecule has 1 aliphatic heterocycles. The van der Waals surface area contributed by atoms with Crippen molar-refractivity contribution in [3.8, 4) is 0 Å². The van der Waals surface area contributed by atoms with E-state index in [2.05, 4.69) is 11.8 Å². The maximum atomic E-state index is 5.90. The van der Waals surface area contributed by atoms with Crippen LogP contribution in [0.3, 0.4) is 0 Å². The molecule has 3 heteroatoms. The van der Waals surface area contributed by atoms with E-state index in [4.69, 9.17) is 10.5 Å². The quantitative estimate of drug-likeness (QED) is 0.797. The second-order valence-electron chi connectivity index (χ2n) is 5.66. The lowest BCUT2D eigenvalue weighted by Gasteiger charge is -2.35. The first-order valence-corrected chi connectivity index (χ1v) is 7.37. The van der Waals surface area contributed by atoms with Crippen molar-refractivity contribution in [1.29, 1.82) is 0 Å². The van der Waals surface area contributed by atoms with Crippen LogP contribution in [0, 0.1) is 11.8 Å². The molecule has 0 spiro atoms. The molecule has 3 unspecified atom stereocenters. The van der Waals surface area contributed by atoms with E-state index < -0.39 is 0 Å². The van der Waals surface area contributed by atoms with Gasteiger partial charge in [0, 0.05) is 19.2 Å². The van der Waals surface area contributed by atoms with Gasteiger partial charge in [0.25, 0.3) is 0 Å². The normalized spacial score (nSPS) is 34.4. The lowest BCUT2D eigenvalue weighted by atomic mass is 9.97. The molecule has 1 saturated heterocycles. The molecule has 0 aromatic carbocycles. The SMILES string of the molecule is CCN(CC1CCCOC1)C1CCCC1CN. The summed E-state index contributed by atoms with van der Waals surface area (Å²) < 4.78 is 5.59. The zero-order valence-electron chi connectivity index (χ0n) is 11.2. The predicted octanol–water partition coefficient (Wildman–Crippen LogP) is 1.86. The molecule has 1 aliphatic carbocycles. The van der Waals surface area contributed by atoms with Gasteiger partial charge in [0.05, 0.1) is 6.61 Å². The van der Waals surface area contributed by atoms with E-state index in [0.29, 0.717) is 0 Å². The molecule has 2 fully saturated rings. The van der Waals surface area contributed by atoms with Gasteiger partial charge in [-0.3, -0.25) is 4.90 Å². The number of nitrogens with two attached hydrogens (primary N) is 1. The van der Waals surface area contributed by atoms with Crippen molar-refractivity contribution in [2.45, 2.75) is 45.1 Å². The van der Waals surface area contributed by atoms with Crippen LogP contribution in [0.4, 0.5) is 0 Å². The molecule has 3 nitrogen and oxygen atoms in total. The maximum absolute atomic E-state index is 5.90. The van der Waals surface area contributed by atoms with Crippen molar-refractivity contribution in [3.05, 3.63) is 0 Å². The van der Waals surface area contributed by atoms with E-state index in [0.717, 1.165) is 44.2 Å². The van der Waals surface area contributed by atoms with Crippen molar-refractivity contribution in [3.63, 3.8) is 0 Å². The summed E-state index contributed by atoms with van der Waals surface area (Å²) in [4.78, 5) is 2.67. The Morgan fingerprint density at radius 3 is 2.76 bits per heavy atom. The standard InChI is InChI=1S/C14H28N2O/c1-2-16(10-12-5-4-8-17-11-12)14-7-3-6-13(14)9-15/h12-14H,2-11,15H2,1H3. The molecule has 100 valence electrons. The highest BCUT2D eigenvalue weighted by atomic mass is 16.5. The first-order valence-electron chi connectivity index (χ1n) is 7.37. The molecule has 2 N–H and O–H groups in total. The second-order valence-corrected chi connectivity index (χ2v) is 5.66.